The number of fused-ring (bicyclic) bond motifs is 1. The summed E-state index contributed by atoms with van der Waals surface area (Å²) in [5.74, 6) is -2.40. The second-order valence-electron chi connectivity index (χ2n) is 5.52. The number of thiophene rings is 1. The van der Waals surface area contributed by atoms with Crippen molar-refractivity contribution in [1.29, 1.82) is 0 Å². The van der Waals surface area contributed by atoms with Crippen LogP contribution in [0.25, 0.3) is 10.4 Å². The second-order valence-corrected chi connectivity index (χ2v) is 9.25. The SMILES string of the molecule is [N-]=[N+]=NCC1=C(C(=O)O)N2C(=O)C(NC(=O)CS(=O)c3cccs3)C2SC1. The summed E-state index contributed by atoms with van der Waals surface area (Å²) < 4.78 is 12.7. The van der Waals surface area contributed by atoms with E-state index in [9.17, 15) is 23.7 Å². The summed E-state index contributed by atoms with van der Waals surface area (Å²) in [6.45, 7) is -0.140. The fraction of sp³-hybridized carbons (Fsp3) is 0.357. The van der Waals surface area contributed by atoms with Crippen molar-refractivity contribution < 1.29 is 23.7 Å². The Morgan fingerprint density at radius 1 is 1.52 bits per heavy atom. The maximum absolute atomic E-state index is 12.4. The van der Waals surface area contributed by atoms with Crippen molar-refractivity contribution >= 4 is 51.7 Å². The number of nitrogens with zero attached hydrogens (tertiary/aromatic N) is 4. The minimum absolute atomic E-state index is 0.140. The number of azide groups is 1. The molecule has 3 heterocycles. The Labute approximate surface area is 163 Å². The predicted octanol–water partition coefficient (Wildman–Crippen LogP) is 0.905. The normalized spacial score (nSPS) is 22.4. The number of carboxylic acids is 1. The predicted molar refractivity (Wildman–Crippen MR) is 99.3 cm³/mol. The van der Waals surface area contributed by atoms with Crippen LogP contribution in [0.15, 0.2) is 38.1 Å². The Hall–Kier alpha value is -2.34. The summed E-state index contributed by atoms with van der Waals surface area (Å²) in [5, 5.41) is 16.5. The number of β-lactam (4-membered cyclic amide) rings is 1. The van der Waals surface area contributed by atoms with Crippen LogP contribution in [0.3, 0.4) is 0 Å². The van der Waals surface area contributed by atoms with Gasteiger partial charge in [-0.25, -0.2) is 4.79 Å². The van der Waals surface area contributed by atoms with Gasteiger partial charge >= 0.3 is 5.97 Å². The van der Waals surface area contributed by atoms with Crippen molar-refractivity contribution in [3.05, 3.63) is 39.2 Å². The first-order chi connectivity index (χ1) is 12.9. The highest BCUT2D eigenvalue weighted by molar-refractivity contribution is 8.00. The van der Waals surface area contributed by atoms with Gasteiger partial charge in [0.05, 0.1) is 21.6 Å². The van der Waals surface area contributed by atoms with Gasteiger partial charge in [-0.3, -0.25) is 18.7 Å². The summed E-state index contributed by atoms with van der Waals surface area (Å²) in [6.07, 6.45) is 0. The van der Waals surface area contributed by atoms with Crippen LogP contribution in [0.4, 0.5) is 0 Å². The Morgan fingerprint density at radius 2 is 2.30 bits per heavy atom. The number of hydrogen-bond donors (Lipinski definition) is 2. The monoisotopic (exact) mass is 427 g/mol. The quantitative estimate of drug-likeness (QED) is 0.285. The number of hydrogen-bond acceptors (Lipinski definition) is 7. The lowest BCUT2D eigenvalue weighted by atomic mass is 10.0. The Kier molecular flexibility index (Phi) is 5.85. The molecule has 2 N–H and O–H groups in total. The van der Waals surface area contributed by atoms with E-state index in [0.717, 1.165) is 4.90 Å². The maximum Gasteiger partial charge on any atom is 0.352 e. The van der Waals surface area contributed by atoms with Crippen LogP contribution in [0.2, 0.25) is 0 Å². The molecular weight excluding hydrogens is 414 g/mol. The van der Waals surface area contributed by atoms with Crippen LogP contribution < -0.4 is 5.32 Å². The van der Waals surface area contributed by atoms with Crippen molar-refractivity contribution in [2.45, 2.75) is 15.6 Å². The molecular formula is C14H13N5O5S3. The average molecular weight is 427 g/mol. The minimum Gasteiger partial charge on any atom is -0.477 e. The lowest BCUT2D eigenvalue weighted by molar-refractivity contribution is -0.150. The zero-order chi connectivity index (χ0) is 19.6. The van der Waals surface area contributed by atoms with Crippen molar-refractivity contribution in [3.63, 3.8) is 0 Å². The fourth-order valence-corrected chi connectivity index (χ4v) is 5.97. The van der Waals surface area contributed by atoms with Gasteiger partial charge in [-0.1, -0.05) is 11.2 Å². The Balaban J connectivity index is 1.68. The third-order valence-corrected chi connectivity index (χ3v) is 7.83. The van der Waals surface area contributed by atoms with Crippen LogP contribution in [-0.2, 0) is 25.2 Å². The molecule has 3 unspecified atom stereocenters. The smallest absolute Gasteiger partial charge is 0.352 e. The van der Waals surface area contributed by atoms with Gasteiger partial charge in [-0.2, -0.15) is 0 Å². The van der Waals surface area contributed by atoms with Crippen molar-refractivity contribution in [1.82, 2.24) is 10.2 Å². The number of nitrogens with one attached hydrogen (secondary N) is 1. The highest BCUT2D eigenvalue weighted by Crippen LogP contribution is 2.40. The fourth-order valence-electron chi connectivity index (χ4n) is 2.72. The van der Waals surface area contributed by atoms with Crippen LogP contribution in [0, 0.1) is 0 Å². The molecule has 142 valence electrons. The zero-order valence-electron chi connectivity index (χ0n) is 13.6. The first-order valence-corrected chi connectivity index (χ1v) is 10.8. The van der Waals surface area contributed by atoms with Gasteiger partial charge in [0.15, 0.2) is 0 Å². The molecule has 0 radical (unpaired) electrons. The Morgan fingerprint density at radius 3 is 2.93 bits per heavy atom. The van der Waals surface area contributed by atoms with E-state index in [1.54, 1.807) is 17.5 Å². The number of carboxylic acid groups (broad SMARTS) is 1. The van der Waals surface area contributed by atoms with E-state index in [0.29, 0.717) is 9.78 Å². The van der Waals surface area contributed by atoms with Crippen LogP contribution in [0.1, 0.15) is 0 Å². The molecule has 0 aliphatic carbocycles. The lowest BCUT2D eigenvalue weighted by Gasteiger charge is -2.49. The highest BCUT2D eigenvalue weighted by Gasteiger charge is 2.54. The molecule has 3 rings (SSSR count). The van der Waals surface area contributed by atoms with E-state index in [2.05, 4.69) is 15.3 Å². The van der Waals surface area contributed by atoms with Gasteiger partial charge in [0.1, 0.15) is 22.9 Å². The largest absolute Gasteiger partial charge is 0.477 e. The van der Waals surface area contributed by atoms with Crippen molar-refractivity contribution in [2.24, 2.45) is 5.11 Å². The molecule has 2 amide bonds. The molecule has 0 bridgehead atoms. The summed E-state index contributed by atoms with van der Waals surface area (Å²) in [7, 11) is -1.50. The summed E-state index contributed by atoms with van der Waals surface area (Å²) in [5.41, 5.74) is 8.56. The molecule has 13 heteroatoms. The van der Waals surface area contributed by atoms with Gasteiger partial charge in [-0.15, -0.1) is 23.1 Å². The molecule has 1 aromatic heterocycles. The first kappa shape index (κ1) is 19.4. The third kappa shape index (κ3) is 3.86. The van der Waals surface area contributed by atoms with E-state index < -0.39 is 40.0 Å². The van der Waals surface area contributed by atoms with E-state index in [1.807, 2.05) is 0 Å². The maximum atomic E-state index is 12.4. The van der Waals surface area contributed by atoms with E-state index in [-0.39, 0.29) is 23.7 Å². The van der Waals surface area contributed by atoms with Gasteiger partial charge < -0.3 is 10.4 Å². The topological polar surface area (TPSA) is 153 Å². The van der Waals surface area contributed by atoms with Crippen molar-refractivity contribution in [2.75, 3.05) is 18.1 Å². The molecule has 1 saturated heterocycles. The van der Waals surface area contributed by atoms with E-state index in [1.165, 1.54) is 23.1 Å². The zero-order valence-corrected chi connectivity index (χ0v) is 16.1. The van der Waals surface area contributed by atoms with Gasteiger partial charge in [0.25, 0.3) is 5.91 Å². The van der Waals surface area contributed by atoms with E-state index >= 15 is 0 Å². The third-order valence-electron chi connectivity index (χ3n) is 3.87. The molecule has 3 atom stereocenters. The van der Waals surface area contributed by atoms with Crippen molar-refractivity contribution in [3.8, 4) is 0 Å². The average Bonchev–Trinajstić information content (AvgIpc) is 3.18. The summed E-state index contributed by atoms with van der Waals surface area (Å²) in [4.78, 5) is 39.8. The molecule has 2 aliphatic rings. The second kappa shape index (κ2) is 8.13. The first-order valence-electron chi connectivity index (χ1n) is 7.56. The molecule has 0 spiro atoms. The number of amides is 2. The van der Waals surface area contributed by atoms with Crippen LogP contribution >= 0.6 is 23.1 Å². The molecule has 2 aliphatic heterocycles. The number of carbonyl (C=O) groups is 3. The molecule has 1 fully saturated rings. The molecule has 0 saturated carbocycles. The lowest BCUT2D eigenvalue weighted by Crippen LogP contribution is -2.70. The molecule has 10 nitrogen and oxygen atoms in total. The van der Waals surface area contributed by atoms with E-state index in [4.69, 9.17) is 5.53 Å². The van der Waals surface area contributed by atoms with Gasteiger partial charge in [0.2, 0.25) is 5.91 Å². The molecule has 27 heavy (non-hydrogen) atoms. The van der Waals surface area contributed by atoms with Crippen LogP contribution in [-0.4, -0.2) is 61.5 Å². The Bertz CT molecular complexity index is 893. The molecule has 1 aromatic rings. The molecule has 0 aromatic carbocycles. The number of carbonyl (C=O) groups excluding carboxylic acids is 2. The summed E-state index contributed by atoms with van der Waals surface area (Å²) in [6, 6.07) is 2.52. The standard InChI is InChI=1S/C14H13N5O5S3/c15-18-16-4-7-5-26-13-10(12(21)19(13)11(7)14(22)23)17-8(20)6-27(24)9-2-1-3-25-9/h1-3,10,13H,4-6H2,(H,17,20)(H,22,23). The van der Waals surface area contributed by atoms with Gasteiger partial charge in [0, 0.05) is 10.7 Å². The highest BCUT2D eigenvalue weighted by atomic mass is 32.2. The number of rotatable bonds is 7. The number of aliphatic carboxylic acids is 1. The van der Waals surface area contributed by atoms with Gasteiger partial charge in [-0.05, 0) is 22.6 Å². The van der Waals surface area contributed by atoms with Crippen LogP contribution in [0.5, 0.6) is 0 Å². The minimum atomic E-state index is -1.50. The number of thioether (sulfide) groups is 1. The summed E-state index contributed by atoms with van der Waals surface area (Å²) >= 11 is 2.55.